The minimum atomic E-state index is -0.530. The minimum absolute atomic E-state index is 0.320. The van der Waals surface area contributed by atoms with Gasteiger partial charge < -0.3 is 0 Å². The van der Waals surface area contributed by atoms with Crippen molar-refractivity contribution < 1.29 is 14.6 Å². The minimum Gasteiger partial charge on any atom is -0.237 e. The molecule has 14 heavy (non-hydrogen) atoms. The highest BCUT2D eigenvalue weighted by Gasteiger charge is 2.42. The summed E-state index contributed by atoms with van der Waals surface area (Å²) in [6.45, 7) is 2.00. The molecule has 0 amide bonds. The van der Waals surface area contributed by atoms with Gasteiger partial charge in [-0.2, -0.15) is 0 Å². The van der Waals surface area contributed by atoms with Gasteiger partial charge in [0.1, 0.15) is 4.88 Å². The third-order valence-electron chi connectivity index (χ3n) is 2.23. The number of carbonyl (C=O) groups excluding carboxylic acids is 1. The van der Waals surface area contributed by atoms with Crippen molar-refractivity contribution in [3.63, 3.8) is 0 Å². The molecule has 0 saturated carbocycles. The lowest BCUT2D eigenvalue weighted by atomic mass is 10.0. The molecule has 1 unspecified atom stereocenters. The van der Waals surface area contributed by atoms with E-state index >= 15 is 0 Å². The monoisotopic (exact) mass is 212 g/mol. The molecule has 74 valence electrons. The van der Waals surface area contributed by atoms with E-state index in [9.17, 15) is 9.70 Å². The standard InChI is InChI=1S/C9H10NO3S/c1-2-3-7-6-4-5-14-8(6)9(11)13-10(7)12/h4-5,7H,2-3H2,1H3/q+1. The second kappa shape index (κ2) is 3.49. The van der Waals surface area contributed by atoms with Crippen molar-refractivity contribution in [2.75, 3.05) is 0 Å². The summed E-state index contributed by atoms with van der Waals surface area (Å²) in [5.74, 6) is -0.530. The topological polar surface area (TPSA) is 46.4 Å². The Bertz CT molecular complexity index is 385. The third-order valence-corrected chi connectivity index (χ3v) is 3.14. The van der Waals surface area contributed by atoms with Gasteiger partial charge in [0.25, 0.3) is 6.04 Å². The lowest BCUT2D eigenvalue weighted by Crippen LogP contribution is -2.27. The summed E-state index contributed by atoms with van der Waals surface area (Å²) in [6, 6.07) is 1.50. The summed E-state index contributed by atoms with van der Waals surface area (Å²) in [5.41, 5.74) is 0.808. The van der Waals surface area contributed by atoms with Crippen molar-refractivity contribution in [1.29, 1.82) is 0 Å². The van der Waals surface area contributed by atoms with E-state index in [1.807, 2.05) is 18.4 Å². The molecular formula is C9H10NO3S+. The van der Waals surface area contributed by atoms with Crippen LogP contribution in [0.2, 0.25) is 0 Å². The fraction of sp³-hybridized carbons (Fsp3) is 0.444. The molecule has 1 aromatic rings. The zero-order valence-electron chi connectivity index (χ0n) is 7.73. The summed E-state index contributed by atoms with van der Waals surface area (Å²) in [4.78, 5) is 28.2. The molecule has 0 N–H and O–H groups in total. The Morgan fingerprint density at radius 1 is 1.64 bits per heavy atom. The highest BCUT2D eigenvalue weighted by atomic mass is 32.1. The van der Waals surface area contributed by atoms with Gasteiger partial charge in [0.05, 0.1) is 10.5 Å². The summed E-state index contributed by atoms with van der Waals surface area (Å²) >= 11 is 1.33. The molecule has 1 aliphatic rings. The summed E-state index contributed by atoms with van der Waals surface area (Å²) < 4.78 is 0. The van der Waals surface area contributed by atoms with Crippen LogP contribution in [0.15, 0.2) is 11.4 Å². The zero-order valence-corrected chi connectivity index (χ0v) is 8.54. The highest BCUT2D eigenvalue weighted by molar-refractivity contribution is 7.12. The molecule has 0 aromatic carbocycles. The number of fused-ring (bicyclic) bond motifs is 1. The Morgan fingerprint density at radius 2 is 2.43 bits per heavy atom. The van der Waals surface area contributed by atoms with Crippen LogP contribution in [0.1, 0.15) is 41.0 Å². The average molecular weight is 212 g/mol. The van der Waals surface area contributed by atoms with Crippen LogP contribution in [0.25, 0.3) is 0 Å². The fourth-order valence-electron chi connectivity index (χ4n) is 1.58. The Kier molecular flexibility index (Phi) is 2.33. The predicted octanol–water partition coefficient (Wildman–Crippen LogP) is 2.45. The van der Waals surface area contributed by atoms with Crippen LogP contribution in [-0.2, 0) is 4.84 Å². The Labute approximate surface area is 85.0 Å². The summed E-state index contributed by atoms with van der Waals surface area (Å²) in [7, 11) is 0. The smallest absolute Gasteiger partial charge is 0.237 e. The molecule has 1 aromatic heterocycles. The average Bonchev–Trinajstić information content (AvgIpc) is 2.60. The van der Waals surface area contributed by atoms with E-state index < -0.39 is 5.97 Å². The fourth-order valence-corrected chi connectivity index (χ4v) is 2.41. The van der Waals surface area contributed by atoms with E-state index in [2.05, 4.69) is 4.84 Å². The van der Waals surface area contributed by atoms with Gasteiger partial charge in [0, 0.05) is 6.42 Å². The first-order chi connectivity index (χ1) is 6.74. The molecule has 1 atom stereocenters. The van der Waals surface area contributed by atoms with Crippen molar-refractivity contribution in [2.45, 2.75) is 25.8 Å². The Morgan fingerprint density at radius 3 is 3.14 bits per heavy atom. The maximum atomic E-state index is 11.3. The summed E-state index contributed by atoms with van der Waals surface area (Å²) in [5, 5.41) is 1.81. The van der Waals surface area contributed by atoms with Gasteiger partial charge in [-0.25, -0.2) is 4.79 Å². The molecule has 1 aliphatic heterocycles. The number of hydrogen-bond donors (Lipinski definition) is 0. The molecular weight excluding hydrogens is 202 g/mol. The lowest BCUT2D eigenvalue weighted by molar-refractivity contribution is -0.808. The third kappa shape index (κ3) is 1.33. The Balaban J connectivity index is 2.41. The van der Waals surface area contributed by atoms with Gasteiger partial charge in [0.2, 0.25) is 4.92 Å². The molecule has 0 bridgehead atoms. The maximum Gasteiger partial charge on any atom is 0.426 e. The van der Waals surface area contributed by atoms with Crippen LogP contribution < -0.4 is 0 Å². The first-order valence-electron chi connectivity index (χ1n) is 4.50. The van der Waals surface area contributed by atoms with Gasteiger partial charge in [-0.3, -0.25) is 0 Å². The molecule has 0 saturated heterocycles. The van der Waals surface area contributed by atoms with Crippen molar-refractivity contribution in [1.82, 2.24) is 0 Å². The van der Waals surface area contributed by atoms with Crippen molar-refractivity contribution in [2.24, 2.45) is 0 Å². The van der Waals surface area contributed by atoms with Gasteiger partial charge in [-0.1, -0.05) is 6.92 Å². The predicted molar refractivity (Wildman–Crippen MR) is 51.0 cm³/mol. The first kappa shape index (κ1) is 9.33. The molecule has 0 aliphatic carbocycles. The van der Waals surface area contributed by atoms with E-state index in [1.54, 1.807) is 0 Å². The highest BCUT2D eigenvalue weighted by Crippen LogP contribution is 2.33. The molecule has 5 heteroatoms. The maximum absolute atomic E-state index is 11.3. The number of hydrogen-bond acceptors (Lipinski definition) is 4. The zero-order chi connectivity index (χ0) is 10.1. The van der Waals surface area contributed by atoms with Gasteiger partial charge in [-0.15, -0.1) is 16.2 Å². The second-order valence-electron chi connectivity index (χ2n) is 3.17. The van der Waals surface area contributed by atoms with Gasteiger partial charge in [-0.05, 0) is 17.9 Å². The number of nitrogens with zero attached hydrogens (tertiary/aromatic N) is 1. The van der Waals surface area contributed by atoms with E-state index in [4.69, 9.17) is 0 Å². The number of carbonyl (C=O) groups is 1. The van der Waals surface area contributed by atoms with Crippen LogP contribution in [0.5, 0.6) is 0 Å². The van der Waals surface area contributed by atoms with Crippen molar-refractivity contribution in [3.05, 3.63) is 26.8 Å². The lowest BCUT2D eigenvalue weighted by Gasteiger charge is -2.10. The molecule has 4 nitrogen and oxygen atoms in total. The van der Waals surface area contributed by atoms with Gasteiger partial charge in [0.15, 0.2) is 0 Å². The van der Waals surface area contributed by atoms with Crippen LogP contribution in [0.4, 0.5) is 0 Å². The van der Waals surface area contributed by atoms with Crippen molar-refractivity contribution in [3.8, 4) is 0 Å². The van der Waals surface area contributed by atoms with E-state index in [0.717, 1.165) is 12.0 Å². The second-order valence-corrected chi connectivity index (χ2v) is 4.09. The first-order valence-corrected chi connectivity index (χ1v) is 5.38. The number of rotatable bonds is 2. The molecule has 0 spiro atoms. The SMILES string of the molecule is CCCC1c2ccsc2C(=O)O[N+]1=O. The molecule has 2 rings (SSSR count). The van der Waals surface area contributed by atoms with E-state index in [1.165, 1.54) is 11.3 Å². The van der Waals surface area contributed by atoms with E-state index in [-0.39, 0.29) is 6.04 Å². The molecule has 2 heterocycles. The van der Waals surface area contributed by atoms with Crippen LogP contribution in [0, 0.1) is 4.91 Å². The van der Waals surface area contributed by atoms with E-state index in [0.29, 0.717) is 16.2 Å². The Hall–Kier alpha value is -1.23. The van der Waals surface area contributed by atoms with Crippen LogP contribution in [0.3, 0.4) is 0 Å². The number of thiophene rings is 1. The van der Waals surface area contributed by atoms with Crippen LogP contribution in [-0.4, -0.2) is 10.9 Å². The molecule has 0 fully saturated rings. The molecule has 0 radical (unpaired) electrons. The quantitative estimate of drug-likeness (QED) is 0.756. The van der Waals surface area contributed by atoms with Crippen LogP contribution >= 0.6 is 11.3 Å². The largest absolute Gasteiger partial charge is 0.426 e. The van der Waals surface area contributed by atoms with Gasteiger partial charge >= 0.3 is 5.97 Å². The summed E-state index contributed by atoms with van der Waals surface area (Å²) in [6.07, 6.45) is 1.59. The normalized spacial score (nSPS) is 20.5. The van der Waals surface area contributed by atoms with Crippen molar-refractivity contribution >= 4 is 17.3 Å².